The van der Waals surface area contributed by atoms with Crippen molar-refractivity contribution in [2.24, 2.45) is 5.92 Å². The van der Waals surface area contributed by atoms with Gasteiger partial charge in [0.2, 0.25) is 5.91 Å². The molecule has 0 bridgehead atoms. The van der Waals surface area contributed by atoms with Crippen molar-refractivity contribution in [3.63, 3.8) is 0 Å². The van der Waals surface area contributed by atoms with Crippen LogP contribution in [0, 0.1) is 5.92 Å². The lowest BCUT2D eigenvalue weighted by molar-refractivity contribution is -0.122. The minimum Gasteiger partial charge on any atom is -0.358 e. The molecule has 0 heterocycles. The van der Waals surface area contributed by atoms with E-state index in [9.17, 15) is 4.79 Å². The number of hydrogen-bond acceptors (Lipinski definition) is 2. The average Bonchev–Trinajstić information content (AvgIpc) is 1.81. The van der Waals surface area contributed by atoms with Crippen LogP contribution in [0.3, 0.4) is 0 Å². The van der Waals surface area contributed by atoms with Gasteiger partial charge in [-0.3, -0.25) is 4.79 Å². The molecule has 0 saturated carbocycles. The van der Waals surface area contributed by atoms with E-state index in [1.807, 2.05) is 34.6 Å². The van der Waals surface area contributed by atoms with Gasteiger partial charge < -0.3 is 10.6 Å². The number of amides is 1. The van der Waals surface area contributed by atoms with Crippen molar-refractivity contribution >= 4 is 23.2 Å². The lowest BCUT2D eigenvalue weighted by atomic mass is 10.1. The second-order valence-electron chi connectivity index (χ2n) is 4.35. The Bertz CT molecular complexity index is 206. The minimum atomic E-state index is -0.110. The molecule has 3 nitrogen and oxygen atoms in total. The topological polar surface area (TPSA) is 41.1 Å². The summed E-state index contributed by atoms with van der Waals surface area (Å²) in [7, 11) is 0. The van der Waals surface area contributed by atoms with E-state index in [0.717, 1.165) is 0 Å². The van der Waals surface area contributed by atoms with Crippen LogP contribution in [-0.4, -0.2) is 16.6 Å². The zero-order valence-electron chi connectivity index (χ0n) is 8.89. The number of thiocarbonyl (C=S) groups is 1. The van der Waals surface area contributed by atoms with Crippen LogP contribution in [0.25, 0.3) is 0 Å². The molecule has 76 valence electrons. The van der Waals surface area contributed by atoms with Crippen molar-refractivity contribution < 1.29 is 4.79 Å². The molecule has 0 spiro atoms. The van der Waals surface area contributed by atoms with Gasteiger partial charge in [0.25, 0.3) is 0 Å². The largest absolute Gasteiger partial charge is 0.358 e. The average molecular weight is 202 g/mol. The van der Waals surface area contributed by atoms with Gasteiger partial charge in [0, 0.05) is 11.5 Å². The molecule has 0 aliphatic carbocycles. The molecule has 0 atom stereocenters. The molecule has 0 aromatic rings. The molecule has 13 heavy (non-hydrogen) atoms. The first-order chi connectivity index (χ1) is 5.72. The van der Waals surface area contributed by atoms with Crippen LogP contribution in [0.15, 0.2) is 0 Å². The smallest absolute Gasteiger partial charge is 0.228 e. The lowest BCUT2D eigenvalue weighted by Gasteiger charge is -2.22. The molecule has 1 amide bonds. The number of hydrogen-bond donors (Lipinski definition) is 2. The summed E-state index contributed by atoms with van der Waals surface area (Å²) in [6.45, 7) is 9.62. The fraction of sp³-hybridized carbons (Fsp3) is 0.778. The summed E-state index contributed by atoms with van der Waals surface area (Å²) in [4.78, 5) is 11.2. The summed E-state index contributed by atoms with van der Waals surface area (Å²) in [5, 5.41) is 6.02. The third-order valence-corrected chi connectivity index (χ3v) is 1.45. The molecule has 0 aromatic carbocycles. The maximum atomic E-state index is 11.2. The van der Waals surface area contributed by atoms with E-state index >= 15 is 0 Å². The van der Waals surface area contributed by atoms with E-state index in [4.69, 9.17) is 12.2 Å². The van der Waals surface area contributed by atoms with E-state index in [2.05, 4.69) is 10.6 Å². The number of carbonyl (C=O) groups excluding carboxylic acids is 1. The Balaban J connectivity index is 3.96. The van der Waals surface area contributed by atoms with Crippen LogP contribution in [0.2, 0.25) is 0 Å². The summed E-state index contributed by atoms with van der Waals surface area (Å²) in [6, 6.07) is 0. The third kappa shape index (κ3) is 6.51. The summed E-state index contributed by atoms with van der Waals surface area (Å²) in [5.74, 6) is -0.0959. The van der Waals surface area contributed by atoms with Crippen molar-refractivity contribution in [3.05, 3.63) is 0 Å². The lowest BCUT2D eigenvalue weighted by Crippen LogP contribution is -2.48. The Kier molecular flexibility index (Phi) is 4.33. The monoisotopic (exact) mass is 202 g/mol. The molecule has 0 rings (SSSR count). The fourth-order valence-corrected chi connectivity index (χ4v) is 1.03. The van der Waals surface area contributed by atoms with Crippen LogP contribution in [-0.2, 0) is 4.79 Å². The Labute approximate surface area is 85.3 Å². The molecule has 2 N–H and O–H groups in total. The molecule has 0 radical (unpaired) electrons. The van der Waals surface area contributed by atoms with E-state index in [0.29, 0.717) is 5.11 Å². The van der Waals surface area contributed by atoms with Crippen LogP contribution in [0.5, 0.6) is 0 Å². The summed E-state index contributed by atoms with van der Waals surface area (Å²) in [6.07, 6.45) is 0. The van der Waals surface area contributed by atoms with Crippen LogP contribution in [0.4, 0.5) is 0 Å². The Morgan fingerprint density at radius 2 is 1.77 bits per heavy atom. The second kappa shape index (κ2) is 4.56. The standard InChI is InChI=1S/C9H18N2OS/c1-6(2)7(12)10-8(13)11-9(3,4)5/h6H,1-5H3,(H2,10,11,12,13). The normalized spacial score (nSPS) is 11.2. The SMILES string of the molecule is CC(C)C(=O)NC(=S)NC(C)(C)C. The highest BCUT2D eigenvalue weighted by Crippen LogP contribution is 1.98. The van der Waals surface area contributed by atoms with Gasteiger partial charge in [0.1, 0.15) is 0 Å². The van der Waals surface area contributed by atoms with Crippen molar-refractivity contribution in [2.45, 2.75) is 40.2 Å². The predicted octanol–water partition coefficient (Wildman–Crippen LogP) is 1.43. The molecule has 4 heteroatoms. The molecular formula is C9H18N2OS. The van der Waals surface area contributed by atoms with Gasteiger partial charge in [-0.05, 0) is 33.0 Å². The number of nitrogens with one attached hydrogen (secondary N) is 2. The molecule has 0 aliphatic heterocycles. The summed E-state index contributed by atoms with van der Waals surface area (Å²) < 4.78 is 0. The highest BCUT2D eigenvalue weighted by atomic mass is 32.1. The third-order valence-electron chi connectivity index (χ3n) is 1.25. The molecule has 0 aliphatic rings. The van der Waals surface area contributed by atoms with Gasteiger partial charge in [-0.25, -0.2) is 0 Å². The first kappa shape index (κ1) is 12.4. The Morgan fingerprint density at radius 1 is 1.31 bits per heavy atom. The zero-order valence-corrected chi connectivity index (χ0v) is 9.71. The first-order valence-electron chi connectivity index (χ1n) is 4.35. The maximum absolute atomic E-state index is 11.2. The molecule has 0 saturated heterocycles. The highest BCUT2D eigenvalue weighted by Gasteiger charge is 2.14. The van der Waals surface area contributed by atoms with Crippen molar-refractivity contribution in [3.8, 4) is 0 Å². The van der Waals surface area contributed by atoms with Crippen LogP contribution >= 0.6 is 12.2 Å². The van der Waals surface area contributed by atoms with Crippen LogP contribution < -0.4 is 10.6 Å². The number of rotatable bonds is 1. The maximum Gasteiger partial charge on any atom is 0.228 e. The van der Waals surface area contributed by atoms with Gasteiger partial charge in [0.05, 0.1) is 0 Å². The van der Waals surface area contributed by atoms with E-state index < -0.39 is 0 Å². The Hall–Kier alpha value is -0.640. The molecular weight excluding hydrogens is 184 g/mol. The molecule has 0 unspecified atom stereocenters. The zero-order chi connectivity index (χ0) is 10.6. The fourth-order valence-electron chi connectivity index (χ4n) is 0.628. The predicted molar refractivity (Wildman–Crippen MR) is 58.5 cm³/mol. The number of carbonyl (C=O) groups is 1. The van der Waals surface area contributed by atoms with E-state index in [1.54, 1.807) is 0 Å². The van der Waals surface area contributed by atoms with Gasteiger partial charge >= 0.3 is 0 Å². The van der Waals surface area contributed by atoms with Crippen molar-refractivity contribution in [1.29, 1.82) is 0 Å². The van der Waals surface area contributed by atoms with Crippen molar-refractivity contribution in [1.82, 2.24) is 10.6 Å². The van der Waals surface area contributed by atoms with Gasteiger partial charge in [-0.15, -0.1) is 0 Å². The minimum absolute atomic E-state index is 0.0419. The van der Waals surface area contributed by atoms with Gasteiger partial charge in [0.15, 0.2) is 5.11 Å². The highest BCUT2D eigenvalue weighted by molar-refractivity contribution is 7.80. The van der Waals surface area contributed by atoms with Crippen LogP contribution in [0.1, 0.15) is 34.6 Å². The summed E-state index contributed by atoms with van der Waals surface area (Å²) in [5.41, 5.74) is -0.110. The van der Waals surface area contributed by atoms with Gasteiger partial charge in [-0.2, -0.15) is 0 Å². The second-order valence-corrected chi connectivity index (χ2v) is 4.76. The van der Waals surface area contributed by atoms with E-state index in [-0.39, 0.29) is 17.4 Å². The molecule has 0 fully saturated rings. The summed E-state index contributed by atoms with van der Waals surface area (Å²) >= 11 is 4.95. The van der Waals surface area contributed by atoms with Crippen molar-refractivity contribution in [2.75, 3.05) is 0 Å². The Morgan fingerprint density at radius 3 is 2.08 bits per heavy atom. The quantitative estimate of drug-likeness (QED) is 0.632. The first-order valence-corrected chi connectivity index (χ1v) is 4.76. The molecule has 0 aromatic heterocycles. The van der Waals surface area contributed by atoms with E-state index in [1.165, 1.54) is 0 Å². The van der Waals surface area contributed by atoms with Gasteiger partial charge in [-0.1, -0.05) is 13.8 Å².